The summed E-state index contributed by atoms with van der Waals surface area (Å²) in [5.74, 6) is 1.41. The highest BCUT2D eigenvalue weighted by Gasteiger charge is 2.20. The number of hydrogen-bond donors (Lipinski definition) is 1. The van der Waals surface area contributed by atoms with Crippen molar-refractivity contribution in [3.63, 3.8) is 0 Å². The van der Waals surface area contributed by atoms with E-state index in [2.05, 4.69) is 9.88 Å². The van der Waals surface area contributed by atoms with Gasteiger partial charge in [0, 0.05) is 26.4 Å². The second kappa shape index (κ2) is 5.81. The highest BCUT2D eigenvalue weighted by molar-refractivity contribution is 5.55. The van der Waals surface area contributed by atoms with E-state index < -0.39 is 0 Å². The fraction of sp³-hybridized carbons (Fsp3) is 0.533. The zero-order chi connectivity index (χ0) is 13.9. The summed E-state index contributed by atoms with van der Waals surface area (Å²) in [6.07, 6.45) is 4.28. The summed E-state index contributed by atoms with van der Waals surface area (Å²) in [4.78, 5) is 6.77. The van der Waals surface area contributed by atoms with Crippen molar-refractivity contribution < 1.29 is 9.84 Å². The van der Waals surface area contributed by atoms with Crippen molar-refractivity contribution in [2.45, 2.75) is 19.4 Å². The smallest absolute Gasteiger partial charge is 0.153 e. The van der Waals surface area contributed by atoms with Crippen molar-refractivity contribution in [1.29, 1.82) is 0 Å². The third-order valence-electron chi connectivity index (χ3n) is 3.91. The number of rotatable bonds is 4. The molecule has 3 heterocycles. The van der Waals surface area contributed by atoms with Gasteiger partial charge in [-0.3, -0.25) is 4.40 Å². The Morgan fingerprint density at radius 2 is 2.40 bits per heavy atom. The molecule has 20 heavy (non-hydrogen) atoms. The number of fused-ring (bicyclic) bond motifs is 1. The standard InChI is InChI=1S/C15H21N3O2/c1-17(9-12-5-4-8-20-11-12)15-13(10-19)18-7-3-2-6-14(18)16-15/h2-3,6-7,12,19H,4-5,8-11H2,1H3. The molecule has 0 aliphatic carbocycles. The third-order valence-corrected chi connectivity index (χ3v) is 3.91. The zero-order valence-corrected chi connectivity index (χ0v) is 11.8. The first-order valence-corrected chi connectivity index (χ1v) is 7.15. The molecule has 0 amide bonds. The zero-order valence-electron chi connectivity index (χ0n) is 11.8. The van der Waals surface area contributed by atoms with Crippen LogP contribution in [-0.4, -0.2) is 41.3 Å². The van der Waals surface area contributed by atoms with Gasteiger partial charge in [-0.15, -0.1) is 0 Å². The van der Waals surface area contributed by atoms with Gasteiger partial charge in [-0.25, -0.2) is 4.98 Å². The van der Waals surface area contributed by atoms with Crippen LogP contribution in [-0.2, 0) is 11.3 Å². The van der Waals surface area contributed by atoms with E-state index in [0.717, 1.165) is 43.3 Å². The normalized spacial score (nSPS) is 19.4. The molecule has 1 N–H and O–H groups in total. The van der Waals surface area contributed by atoms with Crippen LogP contribution in [0.5, 0.6) is 0 Å². The number of hydrogen-bond acceptors (Lipinski definition) is 4. The first-order valence-electron chi connectivity index (χ1n) is 7.15. The van der Waals surface area contributed by atoms with Gasteiger partial charge in [-0.1, -0.05) is 6.07 Å². The van der Waals surface area contributed by atoms with E-state index in [1.54, 1.807) is 0 Å². The average Bonchev–Trinajstić information content (AvgIpc) is 2.87. The fourth-order valence-corrected chi connectivity index (χ4v) is 2.91. The van der Waals surface area contributed by atoms with E-state index in [4.69, 9.17) is 4.74 Å². The number of aliphatic hydroxyl groups is 1. The molecule has 0 spiro atoms. The number of pyridine rings is 1. The highest BCUT2D eigenvalue weighted by Crippen LogP contribution is 2.23. The van der Waals surface area contributed by atoms with Gasteiger partial charge in [0.05, 0.1) is 18.9 Å². The molecule has 1 aliphatic heterocycles. The molecular formula is C15H21N3O2. The van der Waals surface area contributed by atoms with Gasteiger partial charge < -0.3 is 14.7 Å². The molecule has 0 radical (unpaired) electrons. The van der Waals surface area contributed by atoms with Gasteiger partial charge in [-0.2, -0.15) is 0 Å². The second-order valence-electron chi connectivity index (χ2n) is 5.43. The molecule has 0 bridgehead atoms. The maximum absolute atomic E-state index is 9.65. The molecule has 1 atom stereocenters. The van der Waals surface area contributed by atoms with Crippen molar-refractivity contribution in [2.75, 3.05) is 31.7 Å². The first-order chi connectivity index (χ1) is 9.79. The van der Waals surface area contributed by atoms with Gasteiger partial charge in [-0.05, 0) is 30.9 Å². The first kappa shape index (κ1) is 13.4. The van der Waals surface area contributed by atoms with Crippen LogP contribution in [0.15, 0.2) is 24.4 Å². The third kappa shape index (κ3) is 2.51. The molecule has 1 fully saturated rings. The number of anilines is 1. The van der Waals surface area contributed by atoms with Crippen molar-refractivity contribution in [2.24, 2.45) is 5.92 Å². The summed E-state index contributed by atoms with van der Waals surface area (Å²) < 4.78 is 7.48. The number of aliphatic hydroxyl groups excluding tert-OH is 1. The molecule has 5 heteroatoms. The quantitative estimate of drug-likeness (QED) is 0.922. The number of ether oxygens (including phenoxy) is 1. The van der Waals surface area contributed by atoms with Gasteiger partial charge in [0.1, 0.15) is 5.65 Å². The van der Waals surface area contributed by atoms with Crippen molar-refractivity contribution in [1.82, 2.24) is 9.38 Å². The minimum absolute atomic E-state index is 0.00792. The van der Waals surface area contributed by atoms with E-state index in [1.165, 1.54) is 6.42 Å². The van der Waals surface area contributed by atoms with Gasteiger partial charge in [0.15, 0.2) is 5.82 Å². The predicted octanol–water partition coefficient (Wildman–Crippen LogP) is 1.69. The van der Waals surface area contributed by atoms with Gasteiger partial charge in [0.25, 0.3) is 0 Å². The molecular weight excluding hydrogens is 254 g/mol. The van der Waals surface area contributed by atoms with E-state index >= 15 is 0 Å². The van der Waals surface area contributed by atoms with Crippen LogP contribution in [0, 0.1) is 5.92 Å². The molecule has 108 valence electrons. The van der Waals surface area contributed by atoms with Gasteiger partial charge >= 0.3 is 0 Å². The Hall–Kier alpha value is -1.59. The average molecular weight is 275 g/mol. The summed E-state index contributed by atoms with van der Waals surface area (Å²) in [6, 6.07) is 5.87. The molecule has 3 rings (SSSR count). The lowest BCUT2D eigenvalue weighted by molar-refractivity contribution is 0.0576. The maximum Gasteiger partial charge on any atom is 0.153 e. The van der Waals surface area contributed by atoms with E-state index in [-0.39, 0.29) is 6.61 Å². The number of aromatic nitrogens is 2. The topological polar surface area (TPSA) is 50.0 Å². The van der Waals surface area contributed by atoms with Crippen molar-refractivity contribution in [3.8, 4) is 0 Å². The minimum atomic E-state index is -0.00792. The van der Waals surface area contributed by atoms with Crippen LogP contribution in [0.3, 0.4) is 0 Å². The molecule has 5 nitrogen and oxygen atoms in total. The van der Waals surface area contributed by atoms with Crippen LogP contribution < -0.4 is 4.90 Å². The van der Waals surface area contributed by atoms with E-state index in [0.29, 0.717) is 5.92 Å². The summed E-state index contributed by atoms with van der Waals surface area (Å²) in [6.45, 7) is 2.62. The second-order valence-corrected chi connectivity index (χ2v) is 5.43. The SMILES string of the molecule is CN(CC1CCCOC1)c1nc2ccccn2c1CO. The fourth-order valence-electron chi connectivity index (χ4n) is 2.91. The largest absolute Gasteiger partial charge is 0.390 e. The molecule has 1 unspecified atom stereocenters. The highest BCUT2D eigenvalue weighted by atomic mass is 16.5. The summed E-state index contributed by atoms with van der Waals surface area (Å²) >= 11 is 0. The Morgan fingerprint density at radius 3 is 3.15 bits per heavy atom. The lowest BCUT2D eigenvalue weighted by Crippen LogP contribution is -2.31. The predicted molar refractivity (Wildman–Crippen MR) is 77.9 cm³/mol. The molecule has 2 aromatic rings. The number of nitrogens with zero attached hydrogens (tertiary/aromatic N) is 3. The number of imidazole rings is 1. The lowest BCUT2D eigenvalue weighted by atomic mass is 10.0. The minimum Gasteiger partial charge on any atom is -0.390 e. The maximum atomic E-state index is 9.65. The summed E-state index contributed by atoms with van der Waals surface area (Å²) in [5, 5.41) is 9.65. The Morgan fingerprint density at radius 1 is 1.50 bits per heavy atom. The van der Waals surface area contributed by atoms with E-state index in [1.807, 2.05) is 35.8 Å². The van der Waals surface area contributed by atoms with E-state index in [9.17, 15) is 5.11 Å². The molecule has 2 aromatic heterocycles. The summed E-state index contributed by atoms with van der Waals surface area (Å²) in [5.41, 5.74) is 1.72. The molecule has 1 saturated heterocycles. The monoisotopic (exact) mass is 275 g/mol. The van der Waals surface area contributed by atoms with Crippen molar-refractivity contribution >= 4 is 11.5 Å². The van der Waals surface area contributed by atoms with Crippen LogP contribution in [0.1, 0.15) is 18.5 Å². The van der Waals surface area contributed by atoms with Crippen molar-refractivity contribution in [3.05, 3.63) is 30.1 Å². The summed E-state index contributed by atoms with van der Waals surface area (Å²) in [7, 11) is 2.04. The Bertz CT molecular complexity index is 576. The molecule has 1 aliphatic rings. The molecule has 0 saturated carbocycles. The Balaban J connectivity index is 1.84. The van der Waals surface area contributed by atoms with Crippen LogP contribution in [0.2, 0.25) is 0 Å². The Kier molecular flexibility index (Phi) is 3.89. The van der Waals surface area contributed by atoms with Gasteiger partial charge in [0.2, 0.25) is 0 Å². The van der Waals surface area contributed by atoms with Crippen LogP contribution in [0.25, 0.3) is 5.65 Å². The van der Waals surface area contributed by atoms with Crippen LogP contribution in [0.4, 0.5) is 5.82 Å². The Labute approximate surface area is 118 Å². The molecule has 0 aromatic carbocycles. The van der Waals surface area contributed by atoms with Crippen LogP contribution >= 0.6 is 0 Å². The lowest BCUT2D eigenvalue weighted by Gasteiger charge is -2.27.